The van der Waals surface area contributed by atoms with Gasteiger partial charge in [-0.05, 0) is 45.5 Å². The molecule has 2 aliphatic rings. The van der Waals surface area contributed by atoms with Crippen LogP contribution in [0.3, 0.4) is 0 Å². The number of carbonyl (C=O) groups excluding carboxylic acids is 4. The predicted molar refractivity (Wildman–Crippen MR) is 222 cm³/mol. The number of benzene rings is 4. The Hall–Kier alpha value is -6.50. The van der Waals surface area contributed by atoms with Crippen LogP contribution in [0.15, 0.2) is 109 Å². The molecule has 2 heterocycles. The first kappa shape index (κ1) is 43.6. The lowest BCUT2D eigenvalue weighted by Crippen LogP contribution is -2.68. The van der Waals surface area contributed by atoms with Gasteiger partial charge < -0.3 is 50.2 Å². The topological polar surface area (TPSA) is 233 Å². The third kappa shape index (κ3) is 9.83. The molecule has 7 rings (SSSR count). The smallest absolute Gasteiger partial charge is 0.407 e. The van der Waals surface area contributed by atoms with Gasteiger partial charge in [-0.15, -0.1) is 5.10 Å². The Labute approximate surface area is 357 Å². The van der Waals surface area contributed by atoms with E-state index in [4.69, 9.17) is 18.9 Å². The predicted octanol–water partition coefficient (Wildman–Crippen LogP) is 2.68. The summed E-state index contributed by atoms with van der Waals surface area (Å²) in [4.78, 5) is 51.2. The number of amides is 3. The number of ether oxygens (including phenoxy) is 4. The number of hydrogen-bond acceptors (Lipinski definition) is 13. The van der Waals surface area contributed by atoms with Gasteiger partial charge >= 0.3 is 12.1 Å². The molecular formula is C45H48N6O11. The summed E-state index contributed by atoms with van der Waals surface area (Å²) in [5.74, 6) is -4.62. The van der Waals surface area contributed by atoms with Crippen LogP contribution in [0.2, 0.25) is 0 Å². The molecule has 0 bridgehead atoms. The van der Waals surface area contributed by atoms with E-state index in [1.165, 1.54) is 17.8 Å². The van der Waals surface area contributed by atoms with E-state index in [2.05, 4.69) is 38.4 Å². The molecule has 324 valence electrons. The third-order valence-corrected chi connectivity index (χ3v) is 10.9. The highest BCUT2D eigenvalue weighted by Crippen LogP contribution is 2.44. The highest BCUT2D eigenvalue weighted by molar-refractivity contribution is 5.94. The van der Waals surface area contributed by atoms with E-state index < -0.39 is 79.7 Å². The van der Waals surface area contributed by atoms with Crippen LogP contribution in [0.5, 0.6) is 0 Å². The fourth-order valence-electron chi connectivity index (χ4n) is 7.81. The molecule has 1 fully saturated rings. The fourth-order valence-corrected chi connectivity index (χ4v) is 7.81. The van der Waals surface area contributed by atoms with E-state index in [1.807, 2.05) is 66.7 Å². The van der Waals surface area contributed by atoms with Gasteiger partial charge in [0, 0.05) is 37.9 Å². The van der Waals surface area contributed by atoms with Crippen LogP contribution in [-0.4, -0.2) is 117 Å². The van der Waals surface area contributed by atoms with Crippen molar-refractivity contribution >= 4 is 23.9 Å². The number of aromatic nitrogens is 3. The van der Waals surface area contributed by atoms with Crippen LogP contribution in [0.1, 0.15) is 46.4 Å². The Morgan fingerprint density at radius 1 is 0.887 bits per heavy atom. The Balaban J connectivity index is 0.936. The molecule has 1 saturated heterocycles. The summed E-state index contributed by atoms with van der Waals surface area (Å²) >= 11 is 0. The maximum atomic E-state index is 13.3. The minimum atomic E-state index is -2.34. The molecule has 4 aromatic carbocycles. The lowest BCUT2D eigenvalue weighted by molar-refractivity contribution is -0.315. The summed E-state index contributed by atoms with van der Waals surface area (Å²) in [5, 5.41) is 49.7. The maximum Gasteiger partial charge on any atom is 0.407 e. The largest absolute Gasteiger partial charge is 0.465 e. The standard InChI is InChI=1S/C45H48N6O11/c1-27(52)48-39-37(53)22-45(43(57)59-2,62-41(39)40(55)38(54)23-47-42(56)30-18-16-29(17-19-30)28-10-4-3-5-11-28)61-25-31-24-51(50-49-31)21-20-46-44(58)60-26-36-34-14-8-6-12-32(34)33-13-7-9-15-35(33)36/h3-19,24,36-41,53-55H,20-23,25-26H2,1-2H3,(H,46,58)(H,47,56)(H,48,52)/t37?,38-,39?,40+,41?,45?/m1/s1. The normalized spacial score (nSPS) is 20.2. The van der Waals surface area contributed by atoms with Crippen molar-refractivity contribution in [3.05, 3.63) is 132 Å². The summed E-state index contributed by atoms with van der Waals surface area (Å²) in [6.07, 6.45) is -6.39. The monoisotopic (exact) mass is 848 g/mol. The molecule has 4 unspecified atom stereocenters. The second kappa shape index (κ2) is 19.5. The Morgan fingerprint density at radius 3 is 2.19 bits per heavy atom. The van der Waals surface area contributed by atoms with Crippen molar-refractivity contribution in [1.82, 2.24) is 30.9 Å². The molecule has 17 heteroatoms. The van der Waals surface area contributed by atoms with Crippen LogP contribution in [0.25, 0.3) is 22.3 Å². The van der Waals surface area contributed by atoms with Crippen molar-refractivity contribution < 1.29 is 53.4 Å². The third-order valence-electron chi connectivity index (χ3n) is 10.9. The number of aliphatic hydroxyl groups is 3. The molecule has 6 atom stereocenters. The zero-order chi connectivity index (χ0) is 43.8. The molecular weight excluding hydrogens is 801 g/mol. The lowest BCUT2D eigenvalue weighted by atomic mass is 9.88. The summed E-state index contributed by atoms with van der Waals surface area (Å²) in [5.41, 5.74) is 6.84. The van der Waals surface area contributed by atoms with Gasteiger partial charge in [0.2, 0.25) is 5.91 Å². The molecule has 0 spiro atoms. The minimum absolute atomic E-state index is 0.0870. The summed E-state index contributed by atoms with van der Waals surface area (Å²) in [6.45, 7) is 0.841. The first-order valence-electron chi connectivity index (χ1n) is 20.1. The van der Waals surface area contributed by atoms with Crippen molar-refractivity contribution in [2.75, 3.05) is 26.8 Å². The van der Waals surface area contributed by atoms with Crippen LogP contribution < -0.4 is 16.0 Å². The maximum absolute atomic E-state index is 13.3. The van der Waals surface area contributed by atoms with Gasteiger partial charge in [0.15, 0.2) is 0 Å². The SMILES string of the molecule is COC(=O)C1(OCc2cn(CCNC(=O)OCC3c4ccccc4-c4ccccc43)nn2)CC(O)C(NC(C)=O)C([C@@H](O)[C@H](O)CNC(=O)c2ccc(-c3ccccc3)cc2)O1. The van der Waals surface area contributed by atoms with Crippen LogP contribution in [0.4, 0.5) is 4.79 Å². The molecule has 62 heavy (non-hydrogen) atoms. The number of nitrogens with one attached hydrogen (secondary N) is 3. The van der Waals surface area contributed by atoms with Crippen molar-refractivity contribution in [3.8, 4) is 22.3 Å². The number of methoxy groups -OCH3 is 1. The molecule has 3 amide bonds. The molecule has 1 aliphatic heterocycles. The van der Waals surface area contributed by atoms with Gasteiger partial charge in [-0.3, -0.25) is 14.3 Å². The molecule has 17 nitrogen and oxygen atoms in total. The first-order valence-corrected chi connectivity index (χ1v) is 20.1. The van der Waals surface area contributed by atoms with Crippen molar-refractivity contribution in [2.24, 2.45) is 0 Å². The lowest BCUT2D eigenvalue weighted by Gasteiger charge is -2.46. The van der Waals surface area contributed by atoms with Crippen molar-refractivity contribution in [2.45, 2.75) is 68.7 Å². The average Bonchev–Trinajstić information content (AvgIpc) is 3.89. The molecule has 5 aromatic rings. The van der Waals surface area contributed by atoms with E-state index in [1.54, 1.807) is 24.3 Å². The summed E-state index contributed by atoms with van der Waals surface area (Å²) in [7, 11) is 1.07. The number of fused-ring (bicyclic) bond motifs is 3. The Kier molecular flexibility index (Phi) is 13.7. The van der Waals surface area contributed by atoms with Gasteiger partial charge in [0.25, 0.3) is 11.7 Å². The zero-order valence-corrected chi connectivity index (χ0v) is 34.0. The van der Waals surface area contributed by atoms with E-state index in [9.17, 15) is 34.5 Å². The molecule has 0 radical (unpaired) electrons. The summed E-state index contributed by atoms with van der Waals surface area (Å²) < 4.78 is 24.0. The van der Waals surface area contributed by atoms with E-state index >= 15 is 0 Å². The number of alkyl carbamates (subject to hydrolysis) is 1. The number of rotatable bonds is 16. The molecule has 0 saturated carbocycles. The number of aliphatic hydroxyl groups excluding tert-OH is 3. The van der Waals surface area contributed by atoms with Gasteiger partial charge in [-0.25, -0.2) is 9.59 Å². The molecule has 6 N–H and O–H groups in total. The van der Waals surface area contributed by atoms with Crippen molar-refractivity contribution in [1.29, 1.82) is 0 Å². The quantitative estimate of drug-likeness (QED) is 0.0786. The van der Waals surface area contributed by atoms with E-state index in [-0.39, 0.29) is 31.3 Å². The van der Waals surface area contributed by atoms with Crippen LogP contribution in [0, 0.1) is 0 Å². The van der Waals surface area contributed by atoms with Crippen molar-refractivity contribution in [3.63, 3.8) is 0 Å². The zero-order valence-electron chi connectivity index (χ0n) is 34.0. The second-order valence-electron chi connectivity index (χ2n) is 15.1. The van der Waals surface area contributed by atoms with E-state index in [0.29, 0.717) is 5.56 Å². The number of nitrogens with zero attached hydrogens (tertiary/aromatic N) is 3. The van der Waals surface area contributed by atoms with Crippen LogP contribution in [-0.2, 0) is 41.7 Å². The Morgan fingerprint density at radius 2 is 1.53 bits per heavy atom. The Bertz CT molecular complexity index is 2310. The number of carbonyl (C=O) groups is 4. The number of hydrogen-bond donors (Lipinski definition) is 6. The van der Waals surface area contributed by atoms with E-state index in [0.717, 1.165) is 40.5 Å². The van der Waals surface area contributed by atoms with Gasteiger partial charge in [-0.2, -0.15) is 0 Å². The molecule has 1 aliphatic carbocycles. The fraction of sp³-hybridized carbons (Fsp3) is 0.333. The highest BCUT2D eigenvalue weighted by Gasteiger charge is 2.56. The highest BCUT2D eigenvalue weighted by atomic mass is 16.7. The van der Waals surface area contributed by atoms with Gasteiger partial charge in [0.1, 0.15) is 24.5 Å². The minimum Gasteiger partial charge on any atom is -0.465 e. The molecule has 1 aromatic heterocycles. The average molecular weight is 849 g/mol. The summed E-state index contributed by atoms with van der Waals surface area (Å²) in [6, 6.07) is 31.2. The van der Waals surface area contributed by atoms with Crippen LogP contribution >= 0.6 is 0 Å². The second-order valence-corrected chi connectivity index (χ2v) is 15.1. The number of esters is 1. The van der Waals surface area contributed by atoms with Gasteiger partial charge in [0.05, 0.1) is 44.7 Å². The van der Waals surface area contributed by atoms with Gasteiger partial charge in [-0.1, -0.05) is 96.2 Å². The first-order chi connectivity index (χ1) is 30.0.